The molecule has 146 valence electrons. The Labute approximate surface area is 163 Å². The van der Waals surface area contributed by atoms with Crippen LogP contribution in [0.1, 0.15) is 11.4 Å². The van der Waals surface area contributed by atoms with Gasteiger partial charge in [0, 0.05) is 23.8 Å². The van der Waals surface area contributed by atoms with Crippen LogP contribution in [0.15, 0.2) is 30.3 Å². The molecule has 0 amide bonds. The highest BCUT2D eigenvalue weighted by Gasteiger charge is 2.24. The summed E-state index contributed by atoms with van der Waals surface area (Å²) in [5.41, 5.74) is 8.07. The number of methoxy groups -OCH3 is 3. The summed E-state index contributed by atoms with van der Waals surface area (Å²) < 4.78 is 22.1. The molecule has 1 atom stereocenters. The summed E-state index contributed by atoms with van der Waals surface area (Å²) in [4.78, 5) is 9.20. The zero-order valence-electron chi connectivity index (χ0n) is 16.2. The van der Waals surface area contributed by atoms with Crippen molar-refractivity contribution in [2.75, 3.05) is 33.7 Å². The van der Waals surface area contributed by atoms with Gasteiger partial charge in [-0.2, -0.15) is 0 Å². The highest BCUT2D eigenvalue weighted by molar-refractivity contribution is 5.90. The summed E-state index contributed by atoms with van der Waals surface area (Å²) in [6, 6.07) is 9.59. The number of nitrogen functional groups attached to an aromatic ring is 1. The second kappa shape index (κ2) is 7.42. The Hall–Kier alpha value is -3.22. The first kappa shape index (κ1) is 18.2. The van der Waals surface area contributed by atoms with Crippen molar-refractivity contribution in [3.8, 4) is 23.0 Å². The van der Waals surface area contributed by atoms with Crippen LogP contribution in [0.3, 0.4) is 0 Å². The van der Waals surface area contributed by atoms with Crippen molar-refractivity contribution in [3.05, 3.63) is 41.7 Å². The van der Waals surface area contributed by atoms with Crippen molar-refractivity contribution in [3.63, 3.8) is 0 Å². The number of ether oxygens (including phenoxy) is 4. The maximum atomic E-state index is 6.20. The topological polar surface area (TPSA) is 88.7 Å². The van der Waals surface area contributed by atoms with E-state index in [2.05, 4.69) is 11.1 Å². The molecule has 1 aromatic heterocycles. The van der Waals surface area contributed by atoms with Crippen LogP contribution in [0.4, 0.5) is 5.82 Å². The molecule has 3 aromatic rings. The number of hydrogen-bond acceptors (Lipinski definition) is 7. The van der Waals surface area contributed by atoms with Gasteiger partial charge in [0.05, 0.1) is 33.5 Å². The molecule has 7 heteroatoms. The van der Waals surface area contributed by atoms with E-state index in [0.717, 1.165) is 34.4 Å². The van der Waals surface area contributed by atoms with Gasteiger partial charge in [-0.3, -0.25) is 0 Å². The van der Waals surface area contributed by atoms with E-state index in [1.165, 1.54) is 0 Å². The lowest BCUT2D eigenvalue weighted by molar-refractivity contribution is 0.210. The Bertz CT molecular complexity index is 1020. The number of benzene rings is 2. The van der Waals surface area contributed by atoms with Gasteiger partial charge >= 0.3 is 0 Å². The Morgan fingerprint density at radius 1 is 1.04 bits per heavy atom. The van der Waals surface area contributed by atoms with Gasteiger partial charge in [-0.05, 0) is 24.1 Å². The van der Waals surface area contributed by atoms with Crippen LogP contribution in [0, 0.1) is 5.92 Å². The molecule has 0 bridgehead atoms. The van der Waals surface area contributed by atoms with Gasteiger partial charge in [0.1, 0.15) is 11.6 Å². The van der Waals surface area contributed by atoms with E-state index in [4.69, 9.17) is 29.7 Å². The predicted molar refractivity (Wildman–Crippen MR) is 106 cm³/mol. The van der Waals surface area contributed by atoms with E-state index in [1.807, 2.05) is 18.2 Å². The van der Waals surface area contributed by atoms with E-state index in [9.17, 15) is 0 Å². The lowest BCUT2D eigenvalue weighted by atomic mass is 9.93. The largest absolute Gasteiger partial charge is 0.493 e. The summed E-state index contributed by atoms with van der Waals surface area (Å²) in [7, 11) is 4.84. The van der Waals surface area contributed by atoms with Crippen LogP contribution in [-0.4, -0.2) is 37.9 Å². The van der Waals surface area contributed by atoms with Gasteiger partial charge in [-0.25, -0.2) is 9.97 Å². The van der Waals surface area contributed by atoms with Gasteiger partial charge in [-0.1, -0.05) is 12.1 Å². The fraction of sp³-hybridized carbons (Fsp3) is 0.333. The molecule has 1 aliphatic heterocycles. The van der Waals surface area contributed by atoms with Crippen molar-refractivity contribution >= 4 is 16.7 Å². The van der Waals surface area contributed by atoms with Crippen molar-refractivity contribution in [2.24, 2.45) is 5.92 Å². The smallest absolute Gasteiger partial charge is 0.164 e. The van der Waals surface area contributed by atoms with Crippen LogP contribution >= 0.6 is 0 Å². The van der Waals surface area contributed by atoms with Crippen LogP contribution in [-0.2, 0) is 12.8 Å². The normalized spacial score (nSPS) is 15.6. The number of nitrogens with zero attached hydrogens (tertiary/aromatic N) is 2. The van der Waals surface area contributed by atoms with Gasteiger partial charge in [-0.15, -0.1) is 0 Å². The fourth-order valence-corrected chi connectivity index (χ4v) is 3.63. The Morgan fingerprint density at radius 2 is 1.79 bits per heavy atom. The number of rotatable bonds is 5. The van der Waals surface area contributed by atoms with Crippen molar-refractivity contribution in [2.45, 2.75) is 12.8 Å². The monoisotopic (exact) mass is 381 g/mol. The summed E-state index contributed by atoms with van der Waals surface area (Å²) in [5, 5.41) is 0.747. The third kappa shape index (κ3) is 3.24. The molecule has 2 aromatic carbocycles. The molecule has 2 N–H and O–H groups in total. The quantitative estimate of drug-likeness (QED) is 0.727. The van der Waals surface area contributed by atoms with Gasteiger partial charge in [0.2, 0.25) is 0 Å². The lowest BCUT2D eigenvalue weighted by Gasteiger charge is -2.26. The Balaban J connectivity index is 1.61. The summed E-state index contributed by atoms with van der Waals surface area (Å²) in [6.07, 6.45) is 1.55. The molecule has 0 fully saturated rings. The first-order chi connectivity index (χ1) is 13.6. The number of hydrogen-bond donors (Lipinski definition) is 1. The van der Waals surface area contributed by atoms with Crippen molar-refractivity contribution in [1.29, 1.82) is 0 Å². The zero-order chi connectivity index (χ0) is 19.7. The van der Waals surface area contributed by atoms with E-state index in [-0.39, 0.29) is 5.92 Å². The molecular formula is C21H23N3O4. The maximum absolute atomic E-state index is 6.20. The first-order valence-electron chi connectivity index (χ1n) is 9.09. The Kier molecular flexibility index (Phi) is 4.81. The Morgan fingerprint density at radius 3 is 2.54 bits per heavy atom. The number of fused-ring (bicyclic) bond motifs is 2. The average Bonchev–Trinajstić information content (AvgIpc) is 2.72. The summed E-state index contributed by atoms with van der Waals surface area (Å²) in [6.45, 7) is 0.584. The molecular weight excluding hydrogens is 358 g/mol. The minimum absolute atomic E-state index is 0.261. The molecule has 2 heterocycles. The SMILES string of the molecule is COc1cc2nc(CC3COc4c(cccc4OC)C3)nc(N)c2cc1OC. The predicted octanol–water partition coefficient (Wildman–Crippen LogP) is 3.03. The van der Waals surface area contributed by atoms with E-state index < -0.39 is 0 Å². The highest BCUT2D eigenvalue weighted by atomic mass is 16.5. The molecule has 1 aliphatic rings. The minimum Gasteiger partial charge on any atom is -0.493 e. The molecule has 0 saturated carbocycles. The second-order valence-corrected chi connectivity index (χ2v) is 6.78. The molecule has 28 heavy (non-hydrogen) atoms. The molecule has 1 unspecified atom stereocenters. The number of para-hydroxylation sites is 1. The van der Waals surface area contributed by atoms with Gasteiger partial charge < -0.3 is 24.7 Å². The van der Waals surface area contributed by atoms with Crippen LogP contribution in [0.2, 0.25) is 0 Å². The van der Waals surface area contributed by atoms with Gasteiger partial charge in [0.25, 0.3) is 0 Å². The number of aromatic nitrogens is 2. The second-order valence-electron chi connectivity index (χ2n) is 6.78. The van der Waals surface area contributed by atoms with E-state index in [0.29, 0.717) is 36.2 Å². The highest BCUT2D eigenvalue weighted by Crippen LogP contribution is 2.37. The standard InChI is InChI=1S/C21H23N3O4/c1-25-16-6-4-5-13-7-12(11-28-20(13)16)8-19-23-15-10-18(27-3)17(26-2)9-14(15)21(22)24-19/h4-6,9-10,12H,7-8,11H2,1-3H3,(H2,22,23,24). The number of anilines is 1. The fourth-order valence-electron chi connectivity index (χ4n) is 3.63. The van der Waals surface area contributed by atoms with Crippen LogP contribution in [0.25, 0.3) is 10.9 Å². The molecule has 0 radical (unpaired) electrons. The molecule has 0 spiro atoms. The molecule has 7 nitrogen and oxygen atoms in total. The maximum Gasteiger partial charge on any atom is 0.164 e. The molecule has 4 rings (SSSR count). The summed E-state index contributed by atoms with van der Waals surface area (Å²) in [5.74, 6) is 4.19. The minimum atomic E-state index is 0.261. The third-order valence-electron chi connectivity index (χ3n) is 5.00. The molecule has 0 aliphatic carbocycles. The van der Waals surface area contributed by atoms with Crippen molar-refractivity contribution in [1.82, 2.24) is 9.97 Å². The average molecular weight is 381 g/mol. The van der Waals surface area contributed by atoms with Crippen molar-refractivity contribution < 1.29 is 18.9 Å². The molecule has 0 saturated heterocycles. The third-order valence-corrected chi connectivity index (χ3v) is 5.00. The van der Waals surface area contributed by atoms with Crippen LogP contribution in [0.5, 0.6) is 23.0 Å². The zero-order valence-corrected chi connectivity index (χ0v) is 16.2. The van der Waals surface area contributed by atoms with E-state index >= 15 is 0 Å². The summed E-state index contributed by atoms with van der Waals surface area (Å²) >= 11 is 0. The van der Waals surface area contributed by atoms with Crippen LogP contribution < -0.4 is 24.7 Å². The first-order valence-corrected chi connectivity index (χ1v) is 9.09. The number of nitrogens with two attached hydrogens (primary N) is 1. The lowest BCUT2D eigenvalue weighted by Crippen LogP contribution is -2.24. The van der Waals surface area contributed by atoms with Gasteiger partial charge in [0.15, 0.2) is 23.0 Å². The van der Waals surface area contributed by atoms with E-state index in [1.54, 1.807) is 27.4 Å².